The molecule has 1 aliphatic rings. The average Bonchev–Trinajstić information content (AvgIpc) is 2.58. The monoisotopic (exact) mass is 352 g/mol. The Balaban J connectivity index is 1.43. The first kappa shape index (κ1) is 16.3. The van der Waals surface area contributed by atoms with Gasteiger partial charge >= 0.3 is 0 Å². The quantitative estimate of drug-likeness (QED) is 0.827. The van der Waals surface area contributed by atoms with E-state index in [9.17, 15) is 0 Å². The number of nitrogens with zero attached hydrogens (tertiary/aromatic N) is 4. The SMILES string of the molecule is Clc1ccc(OCCN2CCN(c3ncncc3Cl)CC2)cc1. The van der Waals surface area contributed by atoms with Crippen molar-refractivity contribution in [2.75, 3.05) is 44.2 Å². The number of hydrogen-bond acceptors (Lipinski definition) is 5. The van der Waals surface area contributed by atoms with Gasteiger partial charge in [-0.25, -0.2) is 9.97 Å². The third-order valence-electron chi connectivity index (χ3n) is 3.81. The summed E-state index contributed by atoms with van der Waals surface area (Å²) in [5, 5.41) is 1.32. The first-order valence-corrected chi connectivity index (χ1v) is 8.29. The Morgan fingerprint density at radius 3 is 2.48 bits per heavy atom. The van der Waals surface area contributed by atoms with Gasteiger partial charge in [-0.1, -0.05) is 23.2 Å². The van der Waals surface area contributed by atoms with E-state index in [1.807, 2.05) is 24.3 Å². The molecular formula is C16H18Cl2N4O. The van der Waals surface area contributed by atoms with E-state index in [1.54, 1.807) is 6.20 Å². The second-order valence-corrected chi connectivity index (χ2v) is 6.17. The van der Waals surface area contributed by atoms with E-state index >= 15 is 0 Å². The first-order valence-electron chi connectivity index (χ1n) is 7.53. The average molecular weight is 353 g/mol. The van der Waals surface area contributed by atoms with Crippen molar-refractivity contribution in [3.63, 3.8) is 0 Å². The van der Waals surface area contributed by atoms with Gasteiger partial charge in [-0.05, 0) is 24.3 Å². The summed E-state index contributed by atoms with van der Waals surface area (Å²) in [4.78, 5) is 12.8. The van der Waals surface area contributed by atoms with E-state index in [2.05, 4.69) is 19.8 Å². The van der Waals surface area contributed by atoms with E-state index in [0.717, 1.165) is 49.3 Å². The van der Waals surface area contributed by atoms with Gasteiger partial charge in [0, 0.05) is 37.7 Å². The molecule has 0 N–H and O–H groups in total. The van der Waals surface area contributed by atoms with Gasteiger partial charge in [0.25, 0.3) is 0 Å². The summed E-state index contributed by atoms with van der Waals surface area (Å²) in [7, 11) is 0. The lowest BCUT2D eigenvalue weighted by molar-refractivity contribution is 0.200. The Morgan fingerprint density at radius 1 is 1.04 bits per heavy atom. The van der Waals surface area contributed by atoms with E-state index in [1.165, 1.54) is 6.33 Å². The third kappa shape index (κ3) is 4.47. The van der Waals surface area contributed by atoms with Crippen LogP contribution in [0.4, 0.5) is 5.82 Å². The molecule has 1 aromatic carbocycles. The van der Waals surface area contributed by atoms with Crippen LogP contribution < -0.4 is 9.64 Å². The lowest BCUT2D eigenvalue weighted by Gasteiger charge is -2.35. The normalized spacial score (nSPS) is 15.7. The fourth-order valence-corrected chi connectivity index (χ4v) is 2.90. The van der Waals surface area contributed by atoms with Crippen LogP contribution in [0.5, 0.6) is 5.75 Å². The Labute approximate surface area is 145 Å². The number of ether oxygens (including phenoxy) is 1. The van der Waals surface area contributed by atoms with E-state index < -0.39 is 0 Å². The molecule has 0 unspecified atom stereocenters. The highest BCUT2D eigenvalue weighted by Gasteiger charge is 2.19. The number of anilines is 1. The number of piperazine rings is 1. The summed E-state index contributed by atoms with van der Waals surface area (Å²) in [5.74, 6) is 1.67. The standard InChI is InChI=1S/C16H18Cl2N4O/c17-13-1-3-14(4-2-13)23-10-9-21-5-7-22(8-6-21)16-15(18)11-19-12-20-16/h1-4,11-12H,5-10H2. The number of benzene rings is 1. The summed E-state index contributed by atoms with van der Waals surface area (Å²) < 4.78 is 5.74. The molecule has 1 saturated heterocycles. The lowest BCUT2D eigenvalue weighted by atomic mass is 10.3. The molecule has 23 heavy (non-hydrogen) atoms. The zero-order valence-corrected chi connectivity index (χ0v) is 14.2. The van der Waals surface area contributed by atoms with Crippen molar-refractivity contribution in [2.24, 2.45) is 0 Å². The fourth-order valence-electron chi connectivity index (χ4n) is 2.55. The zero-order valence-electron chi connectivity index (χ0n) is 12.7. The Kier molecular flexibility index (Phi) is 5.54. The summed E-state index contributed by atoms with van der Waals surface area (Å²) >= 11 is 12.0. The van der Waals surface area contributed by atoms with Crippen LogP contribution >= 0.6 is 23.2 Å². The van der Waals surface area contributed by atoms with Crippen molar-refractivity contribution < 1.29 is 4.74 Å². The molecule has 5 nitrogen and oxygen atoms in total. The molecule has 3 rings (SSSR count). The highest BCUT2D eigenvalue weighted by molar-refractivity contribution is 6.32. The largest absolute Gasteiger partial charge is 0.492 e. The Hall–Kier alpha value is -1.56. The van der Waals surface area contributed by atoms with Crippen LogP contribution in [0.1, 0.15) is 0 Å². The molecule has 1 aliphatic heterocycles. The van der Waals surface area contributed by atoms with Crippen LogP contribution in [-0.2, 0) is 0 Å². The van der Waals surface area contributed by atoms with Gasteiger partial charge < -0.3 is 9.64 Å². The van der Waals surface area contributed by atoms with E-state index in [4.69, 9.17) is 27.9 Å². The fraction of sp³-hybridized carbons (Fsp3) is 0.375. The maximum absolute atomic E-state index is 6.15. The maximum atomic E-state index is 6.15. The number of rotatable bonds is 5. The van der Waals surface area contributed by atoms with Crippen molar-refractivity contribution in [2.45, 2.75) is 0 Å². The minimum atomic E-state index is 0.604. The molecule has 0 spiro atoms. The minimum absolute atomic E-state index is 0.604. The molecule has 0 radical (unpaired) electrons. The van der Waals surface area contributed by atoms with Crippen molar-refractivity contribution in [3.05, 3.63) is 46.8 Å². The van der Waals surface area contributed by atoms with Gasteiger partial charge in [0.05, 0.1) is 6.20 Å². The summed E-state index contributed by atoms with van der Waals surface area (Å²) in [5.41, 5.74) is 0. The van der Waals surface area contributed by atoms with Crippen LogP contribution in [-0.4, -0.2) is 54.2 Å². The van der Waals surface area contributed by atoms with Crippen molar-refractivity contribution in [1.29, 1.82) is 0 Å². The van der Waals surface area contributed by atoms with Crippen molar-refractivity contribution in [3.8, 4) is 5.75 Å². The second-order valence-electron chi connectivity index (χ2n) is 5.33. The van der Waals surface area contributed by atoms with Gasteiger partial charge in [0.2, 0.25) is 0 Å². The van der Waals surface area contributed by atoms with E-state index in [-0.39, 0.29) is 0 Å². The molecule has 1 fully saturated rings. The van der Waals surface area contributed by atoms with Crippen LogP contribution in [0.3, 0.4) is 0 Å². The van der Waals surface area contributed by atoms with Crippen LogP contribution in [0.25, 0.3) is 0 Å². The highest BCUT2D eigenvalue weighted by Crippen LogP contribution is 2.22. The van der Waals surface area contributed by atoms with Gasteiger partial charge in [-0.15, -0.1) is 0 Å². The lowest BCUT2D eigenvalue weighted by Crippen LogP contribution is -2.47. The third-order valence-corrected chi connectivity index (χ3v) is 4.33. The minimum Gasteiger partial charge on any atom is -0.492 e. The smallest absolute Gasteiger partial charge is 0.150 e. The van der Waals surface area contributed by atoms with E-state index in [0.29, 0.717) is 11.6 Å². The van der Waals surface area contributed by atoms with Crippen LogP contribution in [0.15, 0.2) is 36.8 Å². The summed E-state index contributed by atoms with van der Waals surface area (Å²) in [6, 6.07) is 7.44. The van der Waals surface area contributed by atoms with Gasteiger partial charge in [0.1, 0.15) is 23.7 Å². The van der Waals surface area contributed by atoms with Crippen LogP contribution in [0.2, 0.25) is 10.0 Å². The van der Waals surface area contributed by atoms with Crippen molar-refractivity contribution in [1.82, 2.24) is 14.9 Å². The zero-order chi connectivity index (χ0) is 16.1. The van der Waals surface area contributed by atoms with Crippen molar-refractivity contribution >= 4 is 29.0 Å². The molecule has 2 aromatic rings. The predicted octanol–water partition coefficient (Wildman–Crippen LogP) is 2.98. The molecule has 0 bridgehead atoms. The predicted molar refractivity (Wildman–Crippen MR) is 92.6 cm³/mol. The van der Waals surface area contributed by atoms with Gasteiger partial charge in [0.15, 0.2) is 5.82 Å². The second kappa shape index (κ2) is 7.81. The maximum Gasteiger partial charge on any atom is 0.150 e. The molecule has 7 heteroatoms. The Bertz CT molecular complexity index is 630. The topological polar surface area (TPSA) is 41.5 Å². The van der Waals surface area contributed by atoms with Gasteiger partial charge in [-0.3, -0.25) is 4.90 Å². The molecule has 1 aromatic heterocycles. The molecule has 122 valence electrons. The molecular weight excluding hydrogens is 335 g/mol. The Morgan fingerprint density at radius 2 is 1.78 bits per heavy atom. The van der Waals surface area contributed by atoms with Crippen LogP contribution in [0, 0.1) is 0 Å². The molecule has 0 amide bonds. The van der Waals surface area contributed by atoms with Gasteiger partial charge in [-0.2, -0.15) is 0 Å². The summed E-state index contributed by atoms with van der Waals surface area (Å²) in [6.45, 7) is 5.29. The number of aromatic nitrogens is 2. The summed E-state index contributed by atoms with van der Waals surface area (Å²) in [6.07, 6.45) is 3.17. The number of hydrogen-bond donors (Lipinski definition) is 0. The molecule has 0 atom stereocenters. The molecule has 0 saturated carbocycles. The first-order chi connectivity index (χ1) is 11.2. The highest BCUT2D eigenvalue weighted by atomic mass is 35.5. The number of halogens is 2. The molecule has 0 aliphatic carbocycles. The molecule has 2 heterocycles.